The molecule has 0 saturated carbocycles. The number of aromatic nitrogens is 4. The Bertz CT molecular complexity index is 9110. The second kappa shape index (κ2) is 37.7. The molecule has 4 heterocycles. The molecule has 4 aromatic heterocycles. The fraction of sp³-hybridized carbons (Fsp3) is 0. The third-order valence-electron chi connectivity index (χ3n) is 29.7. The first-order chi connectivity index (χ1) is 73.4. The molecule has 0 amide bonds. The lowest BCUT2D eigenvalue weighted by atomic mass is 9.97. The van der Waals surface area contributed by atoms with Gasteiger partial charge in [0.2, 0.25) is 0 Å². The minimum absolute atomic E-state index is 1.12. The number of hydrogen-bond acceptors (Lipinski definition) is 2. The van der Waals surface area contributed by atoms with Crippen LogP contribution in [0.4, 0.5) is 34.1 Å². The van der Waals surface area contributed by atoms with Gasteiger partial charge in [-0.15, -0.1) is 0 Å². The first-order valence-corrected chi connectivity index (χ1v) is 50.8. The first kappa shape index (κ1) is 87.4. The molecule has 6 heteroatoms. The van der Waals surface area contributed by atoms with E-state index >= 15 is 0 Å². The monoisotopic (exact) mass is 1880 g/mol. The van der Waals surface area contributed by atoms with Crippen LogP contribution in [0.2, 0.25) is 0 Å². The number of benzene rings is 24. The van der Waals surface area contributed by atoms with Gasteiger partial charge >= 0.3 is 0 Å². The van der Waals surface area contributed by atoms with Gasteiger partial charge in [-0.05, 0) is 305 Å². The number of para-hydroxylation sites is 8. The fourth-order valence-corrected chi connectivity index (χ4v) is 22.3. The summed E-state index contributed by atoms with van der Waals surface area (Å²) in [6.07, 6.45) is 0. The van der Waals surface area contributed by atoms with Crippen molar-refractivity contribution in [3.05, 3.63) is 582 Å². The molecule has 0 unspecified atom stereocenters. The van der Waals surface area contributed by atoms with Crippen LogP contribution in [0.15, 0.2) is 582 Å². The van der Waals surface area contributed by atoms with Gasteiger partial charge in [0, 0.05) is 100.0 Å². The van der Waals surface area contributed by atoms with Crippen LogP contribution in [0, 0.1) is 0 Å². The molecular formula is C142H96N6. The van der Waals surface area contributed by atoms with E-state index in [1.807, 2.05) is 0 Å². The molecule has 0 atom stereocenters. The zero-order chi connectivity index (χ0) is 97.9. The molecule has 0 aliphatic rings. The number of nitrogens with zero attached hydrogens (tertiary/aromatic N) is 6. The van der Waals surface area contributed by atoms with Crippen LogP contribution >= 0.6 is 0 Å². The van der Waals surface area contributed by atoms with Crippen molar-refractivity contribution in [1.29, 1.82) is 0 Å². The van der Waals surface area contributed by atoms with E-state index in [0.29, 0.717) is 0 Å². The lowest BCUT2D eigenvalue weighted by molar-refractivity contribution is 1.18. The van der Waals surface area contributed by atoms with Gasteiger partial charge in [0.25, 0.3) is 0 Å². The number of anilines is 6. The van der Waals surface area contributed by atoms with Crippen molar-refractivity contribution in [2.24, 2.45) is 0 Å². The highest BCUT2D eigenvalue weighted by Crippen LogP contribution is 2.46. The summed E-state index contributed by atoms with van der Waals surface area (Å²) in [5.41, 5.74) is 42.3. The summed E-state index contributed by atoms with van der Waals surface area (Å²) >= 11 is 0. The maximum atomic E-state index is 2.43. The first-order valence-electron chi connectivity index (χ1n) is 50.8. The molecule has 28 rings (SSSR count). The quantitative estimate of drug-likeness (QED) is 0.0806. The van der Waals surface area contributed by atoms with Crippen molar-refractivity contribution in [3.63, 3.8) is 0 Å². The van der Waals surface area contributed by atoms with E-state index in [-0.39, 0.29) is 0 Å². The molecule has 148 heavy (non-hydrogen) atoms. The van der Waals surface area contributed by atoms with Gasteiger partial charge in [-0.2, -0.15) is 0 Å². The molecule has 6 nitrogen and oxygen atoms in total. The minimum atomic E-state index is 1.12. The van der Waals surface area contributed by atoms with E-state index in [4.69, 9.17) is 0 Å². The maximum absolute atomic E-state index is 2.43. The smallest absolute Gasteiger partial charge is 0.0541 e. The van der Waals surface area contributed by atoms with Gasteiger partial charge in [0.05, 0.1) is 44.1 Å². The van der Waals surface area contributed by atoms with Crippen LogP contribution in [0.25, 0.3) is 221 Å². The van der Waals surface area contributed by atoms with Crippen molar-refractivity contribution >= 4 is 132 Å². The molecule has 0 spiro atoms. The molecule has 0 bridgehead atoms. The number of rotatable bonds is 19. The molecule has 694 valence electrons. The van der Waals surface area contributed by atoms with Crippen molar-refractivity contribution in [3.8, 4) is 123 Å². The highest BCUT2D eigenvalue weighted by Gasteiger charge is 2.23. The van der Waals surface area contributed by atoms with Crippen LogP contribution < -0.4 is 9.80 Å². The van der Waals surface area contributed by atoms with Crippen LogP contribution in [0.5, 0.6) is 0 Å². The summed E-state index contributed by atoms with van der Waals surface area (Å²) < 4.78 is 9.60. The Balaban J connectivity index is 0.000000146. The lowest BCUT2D eigenvalue weighted by Gasteiger charge is -2.25. The zero-order valence-corrected chi connectivity index (χ0v) is 81.1. The van der Waals surface area contributed by atoms with Crippen molar-refractivity contribution < 1.29 is 0 Å². The van der Waals surface area contributed by atoms with Crippen molar-refractivity contribution in [2.45, 2.75) is 0 Å². The van der Waals surface area contributed by atoms with E-state index < -0.39 is 0 Å². The summed E-state index contributed by atoms with van der Waals surface area (Å²) in [4.78, 5) is 4.60. The molecule has 24 aromatic carbocycles. The number of hydrogen-bond donors (Lipinski definition) is 0. The zero-order valence-electron chi connectivity index (χ0n) is 81.1. The van der Waals surface area contributed by atoms with Gasteiger partial charge < -0.3 is 28.1 Å². The van der Waals surface area contributed by atoms with E-state index in [9.17, 15) is 0 Å². The lowest BCUT2D eigenvalue weighted by Crippen LogP contribution is -2.09. The van der Waals surface area contributed by atoms with Crippen LogP contribution in [0.3, 0.4) is 0 Å². The van der Waals surface area contributed by atoms with Crippen LogP contribution in [0.1, 0.15) is 0 Å². The molecule has 0 fully saturated rings. The van der Waals surface area contributed by atoms with Crippen LogP contribution in [-0.2, 0) is 0 Å². The molecule has 0 aliphatic heterocycles. The summed E-state index contributed by atoms with van der Waals surface area (Å²) in [6.45, 7) is 0. The van der Waals surface area contributed by atoms with E-state index in [2.05, 4.69) is 610 Å². The van der Waals surface area contributed by atoms with E-state index in [1.165, 1.54) is 198 Å². The summed E-state index contributed by atoms with van der Waals surface area (Å²) in [7, 11) is 0. The van der Waals surface area contributed by atoms with Crippen LogP contribution in [-0.4, -0.2) is 18.3 Å². The third kappa shape index (κ3) is 16.2. The maximum Gasteiger partial charge on any atom is 0.0541 e. The summed E-state index contributed by atoms with van der Waals surface area (Å²) in [5.74, 6) is 0. The normalized spacial score (nSPS) is 11.5. The molecule has 0 aliphatic carbocycles. The Labute approximate surface area is 859 Å². The average molecular weight is 1890 g/mol. The van der Waals surface area contributed by atoms with E-state index in [1.54, 1.807) is 0 Å². The fourth-order valence-electron chi connectivity index (χ4n) is 22.3. The van der Waals surface area contributed by atoms with Gasteiger partial charge in [0.15, 0.2) is 0 Å². The largest absolute Gasteiger partial charge is 0.311 e. The Kier molecular flexibility index (Phi) is 22.2. The van der Waals surface area contributed by atoms with Crippen molar-refractivity contribution in [1.82, 2.24) is 18.3 Å². The Hall–Kier alpha value is -19.7. The molecule has 28 aromatic rings. The predicted octanol–water partition coefficient (Wildman–Crippen LogP) is 38.9. The Morgan fingerprint density at radius 3 is 0.547 bits per heavy atom. The second-order valence-electron chi connectivity index (χ2n) is 38.3. The van der Waals surface area contributed by atoms with Gasteiger partial charge in [-0.25, -0.2) is 0 Å². The van der Waals surface area contributed by atoms with Gasteiger partial charge in [-0.1, -0.05) is 388 Å². The Morgan fingerprint density at radius 1 is 0.101 bits per heavy atom. The Morgan fingerprint density at radius 2 is 0.277 bits per heavy atom. The molecule has 0 radical (unpaired) electrons. The average Bonchev–Trinajstić information content (AvgIpc) is 1.63. The minimum Gasteiger partial charge on any atom is -0.311 e. The summed E-state index contributed by atoms with van der Waals surface area (Å²) in [6, 6.07) is 212. The van der Waals surface area contributed by atoms with Gasteiger partial charge in [0.1, 0.15) is 0 Å². The molecular weight excluding hydrogens is 1790 g/mol. The molecule has 0 N–H and O–H groups in total. The van der Waals surface area contributed by atoms with E-state index in [0.717, 1.165) is 56.9 Å². The SMILES string of the molecule is c1ccc(-c2ccc(-n3c4ccc(-c5ccc(-c6ccc(N(c7ccccc7)c7ccccc7)cc6)cc5)cc4c4cc(-c5ccc(-c6ccc(N(c7ccccc7)c7ccccc7)cc6)cc5)ccc43)cc2)cc1.c1ccc2cc(-n3c4ccc(-c5ccc(-c6ccc(-n7c8ccccc8c8ccccc87)cc6)cc5)cc4c4cc(-c5ccc(-c6ccc(-n7c8ccccc8c8ccccc87)cc6)cc5)ccc43)ccc2c1. The highest BCUT2D eigenvalue weighted by atomic mass is 15.1. The molecule has 0 saturated heterocycles. The number of fused-ring (bicyclic) bond motifs is 13. The standard InChI is InChI=1S/C72H51N3.C70H45N3/c1-6-16-52(17-7-1)55-38-46-68(47-39-55)75-71-48-40-60(58-30-26-53(27-31-58)56-34-42-66(43-35-56)73(62-18-8-2-9-19-62)63-20-10-3-11-21-63)50-69(71)70-51-61(41-49-72(70)75)59-32-28-54(29-33-59)57-36-44-67(45-37-57)74(64-22-12-4-13-23-64)65-24-14-5-15-25-65;1-2-12-53-43-58(40-33-46(53)11-1)73-69-41-34-54(51-25-21-47(22-26-51)49-29-36-56(37-30-49)71-65-17-7-3-13-59(65)60-14-4-8-18-66(60)71)44-63(69)64-45-55(35-42-70(64)73)52-27-23-48(24-28-52)50-31-38-57(39-32-50)72-67-19-9-5-15-61(67)62-16-6-10-20-68(62)72/h1-51H;1-45H. The second-order valence-corrected chi connectivity index (χ2v) is 38.3. The third-order valence-corrected chi connectivity index (χ3v) is 29.7. The topological polar surface area (TPSA) is 26.2 Å². The van der Waals surface area contributed by atoms with Gasteiger partial charge in [-0.3, -0.25) is 0 Å². The summed E-state index contributed by atoms with van der Waals surface area (Å²) in [5, 5.41) is 12.5. The van der Waals surface area contributed by atoms with Crippen molar-refractivity contribution in [2.75, 3.05) is 9.80 Å². The predicted molar refractivity (Wildman–Crippen MR) is 626 cm³/mol. The highest BCUT2D eigenvalue weighted by molar-refractivity contribution is 6.15.